The molecule has 0 radical (unpaired) electrons. The minimum absolute atomic E-state index is 0.120. The van der Waals surface area contributed by atoms with Gasteiger partial charge in [0.05, 0.1) is 5.69 Å². The zero-order valence-electron chi connectivity index (χ0n) is 16.8. The van der Waals surface area contributed by atoms with Crippen LogP contribution < -0.4 is 15.6 Å². The summed E-state index contributed by atoms with van der Waals surface area (Å²) < 4.78 is 7.11. The lowest BCUT2D eigenvalue weighted by Crippen LogP contribution is -2.16. The van der Waals surface area contributed by atoms with E-state index in [0.717, 1.165) is 5.01 Å². The Morgan fingerprint density at radius 3 is 2.71 bits per heavy atom. The number of ether oxygens (including phenoxy) is 1. The zero-order valence-corrected chi connectivity index (χ0v) is 18.4. The number of nitrogens with zero attached hydrogens (tertiary/aromatic N) is 3. The van der Waals surface area contributed by atoms with Crippen molar-refractivity contribution in [3.63, 3.8) is 0 Å². The second-order valence-corrected chi connectivity index (χ2v) is 8.58. The van der Waals surface area contributed by atoms with Gasteiger partial charge in [-0.05, 0) is 36.4 Å². The van der Waals surface area contributed by atoms with Crippen molar-refractivity contribution < 1.29 is 9.53 Å². The molecular weight excluding hydrogens is 436 g/mol. The first-order valence-electron chi connectivity index (χ1n) is 9.58. The molecule has 4 rings (SSSR count). The summed E-state index contributed by atoms with van der Waals surface area (Å²) in [5.41, 5.74) is 1.36. The van der Waals surface area contributed by atoms with Gasteiger partial charge in [0.2, 0.25) is 4.96 Å². The van der Waals surface area contributed by atoms with Crippen LogP contribution in [0, 0.1) is 0 Å². The van der Waals surface area contributed by atoms with Crippen LogP contribution in [0.5, 0.6) is 5.75 Å². The Kier molecular flexibility index (Phi) is 6.01. The normalized spacial score (nSPS) is 11.1. The molecule has 2 aromatic carbocycles. The average molecular weight is 455 g/mol. The van der Waals surface area contributed by atoms with E-state index in [0.29, 0.717) is 32.7 Å². The Balaban J connectivity index is 1.46. The lowest BCUT2D eigenvalue weighted by molar-refractivity contribution is 0.102. The molecule has 0 aliphatic carbocycles. The quantitative estimate of drug-likeness (QED) is 0.454. The maximum Gasteiger partial charge on any atom is 0.275 e. The van der Waals surface area contributed by atoms with Gasteiger partial charge in [0.1, 0.15) is 17.4 Å². The van der Waals surface area contributed by atoms with E-state index in [1.165, 1.54) is 21.9 Å². The van der Waals surface area contributed by atoms with Gasteiger partial charge in [-0.25, -0.2) is 4.98 Å². The number of anilines is 1. The summed E-state index contributed by atoms with van der Waals surface area (Å²) in [7, 11) is 0. The van der Waals surface area contributed by atoms with E-state index in [1.807, 2.05) is 13.8 Å². The van der Waals surface area contributed by atoms with E-state index in [9.17, 15) is 9.59 Å². The summed E-state index contributed by atoms with van der Waals surface area (Å²) in [6, 6.07) is 15.1. The zero-order chi connectivity index (χ0) is 22.0. The SMILES string of the molecule is CC(C)c1nn2c(=O)cc(COc3cccc(NC(=O)c4ccc(Cl)cc4)c3)nc2s1. The molecule has 0 unspecified atom stereocenters. The number of hydrogen-bond acceptors (Lipinski definition) is 6. The summed E-state index contributed by atoms with van der Waals surface area (Å²) in [6.07, 6.45) is 0. The van der Waals surface area contributed by atoms with Gasteiger partial charge >= 0.3 is 0 Å². The van der Waals surface area contributed by atoms with Crippen LogP contribution in [0.3, 0.4) is 0 Å². The molecule has 0 bridgehead atoms. The van der Waals surface area contributed by atoms with Gasteiger partial charge < -0.3 is 10.1 Å². The van der Waals surface area contributed by atoms with Crippen molar-refractivity contribution >= 4 is 39.5 Å². The Bertz CT molecular complexity index is 1300. The third kappa shape index (κ3) is 4.92. The highest BCUT2D eigenvalue weighted by Crippen LogP contribution is 2.21. The van der Waals surface area contributed by atoms with Gasteiger partial charge in [-0.2, -0.15) is 9.61 Å². The van der Waals surface area contributed by atoms with Gasteiger partial charge in [0, 0.05) is 34.3 Å². The van der Waals surface area contributed by atoms with Gasteiger partial charge in [-0.1, -0.05) is 42.9 Å². The summed E-state index contributed by atoms with van der Waals surface area (Å²) in [5, 5.41) is 8.56. The number of carbonyl (C=O) groups excluding carboxylic acids is 1. The van der Waals surface area contributed by atoms with E-state index in [-0.39, 0.29) is 24.0 Å². The maximum absolute atomic E-state index is 12.4. The predicted molar refractivity (Wildman–Crippen MR) is 121 cm³/mol. The molecule has 0 saturated heterocycles. The highest BCUT2D eigenvalue weighted by atomic mass is 35.5. The molecule has 7 nitrogen and oxygen atoms in total. The summed E-state index contributed by atoms with van der Waals surface area (Å²) in [6.45, 7) is 4.16. The number of halogens is 1. The molecule has 4 aromatic rings. The Hall–Kier alpha value is -3.23. The number of nitrogens with one attached hydrogen (secondary N) is 1. The highest BCUT2D eigenvalue weighted by Gasteiger charge is 2.12. The number of benzene rings is 2. The minimum Gasteiger partial charge on any atom is -0.487 e. The largest absolute Gasteiger partial charge is 0.487 e. The molecule has 0 spiro atoms. The van der Waals surface area contributed by atoms with Crippen molar-refractivity contribution in [3.8, 4) is 5.75 Å². The Morgan fingerprint density at radius 1 is 1.19 bits per heavy atom. The van der Waals surface area contributed by atoms with Gasteiger partial charge in [-0.15, -0.1) is 0 Å². The molecular formula is C22H19ClN4O3S. The first-order chi connectivity index (χ1) is 14.9. The Morgan fingerprint density at radius 2 is 1.97 bits per heavy atom. The maximum atomic E-state index is 12.4. The van der Waals surface area contributed by atoms with Gasteiger partial charge in [0.15, 0.2) is 0 Å². The minimum atomic E-state index is -0.250. The van der Waals surface area contributed by atoms with E-state index in [2.05, 4.69) is 15.4 Å². The number of fused-ring (bicyclic) bond motifs is 1. The van der Waals surface area contributed by atoms with Gasteiger partial charge in [-0.3, -0.25) is 9.59 Å². The fourth-order valence-electron chi connectivity index (χ4n) is 2.80. The number of carbonyl (C=O) groups is 1. The van der Waals surface area contributed by atoms with Crippen LogP contribution in [-0.4, -0.2) is 20.5 Å². The average Bonchev–Trinajstić information content (AvgIpc) is 3.18. The lowest BCUT2D eigenvalue weighted by atomic mass is 10.2. The van der Waals surface area contributed by atoms with E-state index >= 15 is 0 Å². The van der Waals surface area contributed by atoms with Crippen molar-refractivity contribution in [1.29, 1.82) is 0 Å². The van der Waals surface area contributed by atoms with Crippen molar-refractivity contribution in [1.82, 2.24) is 14.6 Å². The third-order valence-electron chi connectivity index (χ3n) is 4.39. The second kappa shape index (κ2) is 8.87. The summed E-state index contributed by atoms with van der Waals surface area (Å²) in [5.74, 6) is 0.514. The molecule has 158 valence electrons. The Labute approximate surface area is 187 Å². The van der Waals surface area contributed by atoms with Crippen LogP contribution in [-0.2, 0) is 6.61 Å². The van der Waals surface area contributed by atoms with E-state index < -0.39 is 0 Å². The van der Waals surface area contributed by atoms with Gasteiger partial charge in [0.25, 0.3) is 11.5 Å². The monoisotopic (exact) mass is 454 g/mol. The van der Waals surface area contributed by atoms with Crippen molar-refractivity contribution in [2.24, 2.45) is 0 Å². The van der Waals surface area contributed by atoms with E-state index in [4.69, 9.17) is 16.3 Å². The molecule has 31 heavy (non-hydrogen) atoms. The molecule has 9 heteroatoms. The molecule has 0 fully saturated rings. The molecule has 0 atom stereocenters. The molecule has 1 amide bonds. The topological polar surface area (TPSA) is 85.6 Å². The lowest BCUT2D eigenvalue weighted by Gasteiger charge is -2.09. The van der Waals surface area contributed by atoms with Crippen LogP contribution in [0.4, 0.5) is 5.69 Å². The number of aromatic nitrogens is 3. The van der Waals surface area contributed by atoms with Crippen LogP contribution >= 0.6 is 22.9 Å². The molecule has 0 aliphatic rings. The molecule has 0 saturated carbocycles. The standard InChI is InChI=1S/C22H19ClN4O3S/c1-13(2)21-26-27-19(28)11-17(25-22(27)31-21)12-30-18-5-3-4-16(10-18)24-20(29)14-6-8-15(23)9-7-14/h3-11,13H,12H2,1-2H3,(H,24,29). The summed E-state index contributed by atoms with van der Waals surface area (Å²) in [4.78, 5) is 29.7. The number of hydrogen-bond donors (Lipinski definition) is 1. The van der Waals surface area contributed by atoms with Crippen molar-refractivity contribution in [2.45, 2.75) is 26.4 Å². The first kappa shape index (κ1) is 21.0. The predicted octanol–water partition coefficient (Wildman–Crippen LogP) is 4.76. The highest BCUT2D eigenvalue weighted by molar-refractivity contribution is 7.16. The number of rotatable bonds is 6. The third-order valence-corrected chi connectivity index (χ3v) is 5.85. The smallest absolute Gasteiger partial charge is 0.275 e. The van der Waals surface area contributed by atoms with Crippen LogP contribution in [0.2, 0.25) is 5.02 Å². The molecule has 0 aliphatic heterocycles. The molecule has 2 heterocycles. The van der Waals surface area contributed by atoms with Crippen molar-refractivity contribution in [3.05, 3.63) is 86.2 Å². The van der Waals surface area contributed by atoms with Crippen molar-refractivity contribution in [2.75, 3.05) is 5.32 Å². The summed E-state index contributed by atoms with van der Waals surface area (Å²) >= 11 is 7.26. The first-order valence-corrected chi connectivity index (χ1v) is 10.8. The fraction of sp³-hybridized carbons (Fsp3) is 0.182. The van der Waals surface area contributed by atoms with Crippen LogP contribution in [0.1, 0.15) is 40.8 Å². The van der Waals surface area contributed by atoms with E-state index in [1.54, 1.807) is 48.5 Å². The second-order valence-electron chi connectivity index (χ2n) is 7.15. The van der Waals surface area contributed by atoms with Crippen LogP contribution in [0.15, 0.2) is 59.4 Å². The fourth-order valence-corrected chi connectivity index (χ4v) is 3.86. The number of amides is 1. The molecule has 1 N–H and O–H groups in total. The van der Waals surface area contributed by atoms with Crippen LogP contribution in [0.25, 0.3) is 4.96 Å². The molecule has 2 aromatic heterocycles.